The minimum atomic E-state index is -1.21. The first kappa shape index (κ1) is 21.6. The maximum atomic E-state index is 13.9. The van der Waals surface area contributed by atoms with Crippen LogP contribution in [0.2, 0.25) is 0 Å². The minimum Gasteiger partial charge on any atom is -0.388 e. The Bertz CT molecular complexity index is 641. The number of hydrogen-bond donors (Lipinski definition) is 2. The van der Waals surface area contributed by atoms with Crippen molar-refractivity contribution < 1.29 is 14.3 Å². The van der Waals surface area contributed by atoms with Gasteiger partial charge in [0.15, 0.2) is 5.17 Å². The molecule has 2 atom stereocenters. The maximum absolute atomic E-state index is 13.9. The highest BCUT2D eigenvalue weighted by Crippen LogP contribution is 2.46. The van der Waals surface area contributed by atoms with Crippen molar-refractivity contribution in [2.75, 3.05) is 0 Å². The lowest BCUT2D eigenvalue weighted by Crippen LogP contribution is -2.56. The van der Waals surface area contributed by atoms with Crippen LogP contribution < -0.4 is 5.32 Å². The Labute approximate surface area is 154 Å². The third-order valence-electron chi connectivity index (χ3n) is 4.20. The lowest BCUT2D eigenvalue weighted by molar-refractivity contribution is -0.129. The van der Waals surface area contributed by atoms with Crippen LogP contribution in [0.5, 0.6) is 0 Å². The smallest absolute Gasteiger partial charge is 0.245 e. The molecule has 1 aromatic carbocycles. The molecule has 1 saturated heterocycles. The van der Waals surface area contributed by atoms with Crippen molar-refractivity contribution in [2.24, 2.45) is 10.9 Å². The van der Waals surface area contributed by atoms with E-state index in [9.17, 15) is 14.3 Å². The minimum absolute atomic E-state index is 0.0935. The number of benzene rings is 1. The predicted octanol–water partition coefficient (Wildman–Crippen LogP) is 4.30. The molecule has 1 aliphatic rings. The zero-order valence-corrected chi connectivity index (χ0v) is 16.9. The molecule has 2 N–H and O–H groups in total. The molecule has 2 rings (SSSR count). The second kappa shape index (κ2) is 8.32. The molecule has 4 nitrogen and oxygen atoms in total. The molecule has 0 aromatic heterocycles. The van der Waals surface area contributed by atoms with Crippen LogP contribution in [0.1, 0.15) is 60.1 Å². The van der Waals surface area contributed by atoms with E-state index in [1.54, 1.807) is 39.0 Å². The van der Waals surface area contributed by atoms with Crippen LogP contribution in [0.3, 0.4) is 0 Å². The summed E-state index contributed by atoms with van der Waals surface area (Å²) in [6, 6.07) is 6.02. The third-order valence-corrected chi connectivity index (χ3v) is 6.08. The van der Waals surface area contributed by atoms with Crippen molar-refractivity contribution in [1.82, 2.24) is 5.32 Å². The lowest BCUT2D eigenvalue weighted by atomic mass is 9.80. The fraction of sp³-hybridized carbons (Fsp3) is 0.579. The van der Waals surface area contributed by atoms with Gasteiger partial charge in [0.1, 0.15) is 10.6 Å². The van der Waals surface area contributed by atoms with E-state index < -0.39 is 16.4 Å². The van der Waals surface area contributed by atoms with E-state index in [0.29, 0.717) is 10.7 Å². The number of rotatable bonds is 4. The zero-order valence-electron chi connectivity index (χ0n) is 16.1. The van der Waals surface area contributed by atoms with Crippen molar-refractivity contribution in [2.45, 2.75) is 64.9 Å². The van der Waals surface area contributed by atoms with E-state index >= 15 is 0 Å². The van der Waals surface area contributed by atoms with Gasteiger partial charge in [0, 0.05) is 5.56 Å². The fourth-order valence-electron chi connectivity index (χ4n) is 3.02. The van der Waals surface area contributed by atoms with E-state index in [1.807, 2.05) is 27.7 Å². The Morgan fingerprint density at radius 3 is 2.24 bits per heavy atom. The first-order valence-electron chi connectivity index (χ1n) is 8.64. The van der Waals surface area contributed by atoms with Crippen LogP contribution in [0, 0.1) is 11.7 Å². The number of thioether (sulfide) groups is 1. The number of carbonyl (C=O) groups excluding carboxylic acids is 1. The highest BCUT2D eigenvalue weighted by Gasteiger charge is 2.58. The quantitative estimate of drug-likeness (QED) is 0.833. The van der Waals surface area contributed by atoms with Gasteiger partial charge in [-0.1, -0.05) is 57.7 Å². The highest BCUT2D eigenvalue weighted by molar-refractivity contribution is 8.16. The van der Waals surface area contributed by atoms with Crippen molar-refractivity contribution in [3.8, 4) is 0 Å². The second-order valence-corrected chi connectivity index (χ2v) is 7.87. The summed E-state index contributed by atoms with van der Waals surface area (Å²) in [6.07, 6.45) is 0. The Kier molecular flexibility index (Phi) is 7.20. The number of amidine groups is 1. The molecule has 1 aromatic rings. The van der Waals surface area contributed by atoms with Crippen LogP contribution in [0.15, 0.2) is 29.3 Å². The number of halogens is 1. The number of nitrogens with zero attached hydrogens (tertiary/aromatic N) is 1. The summed E-state index contributed by atoms with van der Waals surface area (Å²) in [5, 5.41) is 13.7. The monoisotopic (exact) mass is 368 g/mol. The van der Waals surface area contributed by atoms with Crippen molar-refractivity contribution in [3.05, 3.63) is 35.6 Å². The summed E-state index contributed by atoms with van der Waals surface area (Å²) in [6.45, 7) is 12.8. The molecule has 0 aliphatic carbocycles. The van der Waals surface area contributed by atoms with E-state index in [4.69, 9.17) is 0 Å². The predicted molar refractivity (Wildman–Crippen MR) is 103 cm³/mol. The Morgan fingerprint density at radius 1 is 1.24 bits per heavy atom. The van der Waals surface area contributed by atoms with Gasteiger partial charge in [-0.2, -0.15) is 0 Å². The molecule has 1 heterocycles. The fourth-order valence-corrected chi connectivity index (χ4v) is 4.31. The molecule has 6 heteroatoms. The number of hydrogen-bond acceptors (Lipinski definition) is 4. The SMILES string of the molecule is CC.CC(C)C1(C(C)(C)O)SC(=N[C@@H](C)c2ccccc2F)NC1=O. The van der Waals surface area contributed by atoms with Crippen LogP contribution in [0.4, 0.5) is 4.39 Å². The number of nitrogens with one attached hydrogen (secondary N) is 1. The number of aliphatic hydroxyl groups is 1. The van der Waals surface area contributed by atoms with Gasteiger partial charge in [-0.05, 0) is 32.8 Å². The van der Waals surface area contributed by atoms with Gasteiger partial charge < -0.3 is 10.4 Å². The number of amides is 1. The summed E-state index contributed by atoms with van der Waals surface area (Å²) in [7, 11) is 0. The van der Waals surface area contributed by atoms with Crippen molar-refractivity contribution >= 4 is 22.8 Å². The first-order chi connectivity index (χ1) is 11.6. The molecular formula is C19H29FN2O2S. The largest absolute Gasteiger partial charge is 0.388 e. The van der Waals surface area contributed by atoms with Crippen molar-refractivity contribution in [1.29, 1.82) is 0 Å². The number of aliphatic imine (C=N–C) groups is 1. The van der Waals surface area contributed by atoms with Gasteiger partial charge in [0.25, 0.3) is 0 Å². The van der Waals surface area contributed by atoms with E-state index in [-0.39, 0.29) is 17.6 Å². The molecule has 140 valence electrons. The molecule has 0 saturated carbocycles. The topological polar surface area (TPSA) is 61.7 Å². The van der Waals surface area contributed by atoms with E-state index in [1.165, 1.54) is 17.8 Å². The van der Waals surface area contributed by atoms with Gasteiger partial charge in [0.2, 0.25) is 5.91 Å². The van der Waals surface area contributed by atoms with Gasteiger partial charge in [0.05, 0.1) is 11.6 Å². The molecular weight excluding hydrogens is 339 g/mol. The molecule has 25 heavy (non-hydrogen) atoms. The molecule has 1 amide bonds. The summed E-state index contributed by atoms with van der Waals surface area (Å²) < 4.78 is 12.8. The van der Waals surface area contributed by atoms with E-state index in [0.717, 1.165) is 0 Å². The molecule has 0 bridgehead atoms. The Balaban J connectivity index is 0.00000151. The summed E-state index contributed by atoms with van der Waals surface area (Å²) >= 11 is 1.23. The molecule has 1 fully saturated rings. The maximum Gasteiger partial charge on any atom is 0.245 e. The Hall–Kier alpha value is -1.40. The first-order valence-corrected chi connectivity index (χ1v) is 9.46. The standard InChI is InChI=1S/C17H23FN2O2S.C2H6/c1-10(2)17(16(4,5)22)14(21)20-15(23-17)19-11(3)12-8-6-7-9-13(12)18;1-2/h6-11,22H,1-5H3,(H,19,20,21);1-2H3/t11-,17?;/m0./s1. The summed E-state index contributed by atoms with van der Waals surface area (Å²) in [5.41, 5.74) is -0.742. The van der Waals surface area contributed by atoms with Crippen LogP contribution in [-0.2, 0) is 4.79 Å². The van der Waals surface area contributed by atoms with Gasteiger partial charge >= 0.3 is 0 Å². The summed E-state index contributed by atoms with van der Waals surface area (Å²) in [5.74, 6) is -0.676. The van der Waals surface area contributed by atoms with Crippen LogP contribution >= 0.6 is 11.8 Å². The normalized spacial score (nSPS) is 23.3. The second-order valence-electron chi connectivity index (χ2n) is 6.64. The highest BCUT2D eigenvalue weighted by atomic mass is 32.2. The average Bonchev–Trinajstić information content (AvgIpc) is 2.86. The van der Waals surface area contributed by atoms with Crippen molar-refractivity contribution in [3.63, 3.8) is 0 Å². The van der Waals surface area contributed by atoms with Gasteiger partial charge in [-0.25, -0.2) is 4.39 Å². The molecule has 1 unspecified atom stereocenters. The molecule has 1 aliphatic heterocycles. The van der Waals surface area contributed by atoms with Crippen LogP contribution in [0.25, 0.3) is 0 Å². The third kappa shape index (κ3) is 4.23. The Morgan fingerprint density at radius 2 is 1.80 bits per heavy atom. The lowest BCUT2D eigenvalue weighted by Gasteiger charge is -2.39. The van der Waals surface area contributed by atoms with Gasteiger partial charge in [-0.3, -0.25) is 9.79 Å². The number of carbonyl (C=O) groups is 1. The van der Waals surface area contributed by atoms with E-state index in [2.05, 4.69) is 10.3 Å². The molecule has 0 spiro atoms. The average molecular weight is 369 g/mol. The zero-order chi connectivity index (χ0) is 19.4. The molecule has 0 radical (unpaired) electrons. The van der Waals surface area contributed by atoms with Crippen LogP contribution in [-0.4, -0.2) is 26.5 Å². The van der Waals surface area contributed by atoms with Gasteiger partial charge in [-0.15, -0.1) is 0 Å². The summed E-state index contributed by atoms with van der Waals surface area (Å²) in [4.78, 5) is 17.0.